The van der Waals surface area contributed by atoms with Crippen LogP contribution in [0.15, 0.2) is 0 Å². The van der Waals surface area contributed by atoms with Crippen LogP contribution in [0.3, 0.4) is 0 Å². The summed E-state index contributed by atoms with van der Waals surface area (Å²) in [5, 5.41) is 15.4. The van der Waals surface area contributed by atoms with Crippen molar-refractivity contribution in [3.63, 3.8) is 0 Å². The van der Waals surface area contributed by atoms with Crippen LogP contribution in [0, 0.1) is 10.1 Å². The predicted molar refractivity (Wildman–Crippen MR) is 72.2 cm³/mol. The molecule has 106 valence electrons. The fourth-order valence-corrected chi connectivity index (χ4v) is 2.13. The van der Waals surface area contributed by atoms with Gasteiger partial charge in [-0.15, -0.1) is 0 Å². The van der Waals surface area contributed by atoms with Crippen molar-refractivity contribution in [2.24, 2.45) is 0 Å². The highest BCUT2D eigenvalue weighted by molar-refractivity contribution is 5.77. The van der Waals surface area contributed by atoms with Crippen LogP contribution >= 0.6 is 0 Å². The Balaban J connectivity index is 2.89. The Bertz CT molecular complexity index is 466. The van der Waals surface area contributed by atoms with Crippen molar-refractivity contribution in [1.82, 2.24) is 9.78 Å². The van der Waals surface area contributed by atoms with Gasteiger partial charge in [-0.3, -0.25) is 19.6 Å². The van der Waals surface area contributed by atoms with E-state index in [1.165, 1.54) is 0 Å². The first-order valence-corrected chi connectivity index (χ1v) is 6.79. The maximum Gasteiger partial charge on any atom is 0.313 e. The van der Waals surface area contributed by atoms with E-state index < -0.39 is 0 Å². The van der Waals surface area contributed by atoms with E-state index in [0.29, 0.717) is 50.0 Å². The highest BCUT2D eigenvalue weighted by atomic mass is 16.6. The lowest BCUT2D eigenvalue weighted by Crippen LogP contribution is -2.07. The molecule has 0 radical (unpaired) electrons. The Hall–Kier alpha value is -1.72. The zero-order valence-electron chi connectivity index (χ0n) is 11.8. The molecule has 6 nitrogen and oxygen atoms in total. The van der Waals surface area contributed by atoms with E-state index in [9.17, 15) is 14.9 Å². The molecule has 0 atom stereocenters. The Morgan fingerprint density at radius 3 is 2.47 bits per heavy atom. The first-order valence-electron chi connectivity index (χ1n) is 6.79. The van der Waals surface area contributed by atoms with Gasteiger partial charge < -0.3 is 0 Å². The number of nitrogens with zero attached hydrogens (tertiary/aromatic N) is 3. The van der Waals surface area contributed by atoms with Gasteiger partial charge >= 0.3 is 5.69 Å². The van der Waals surface area contributed by atoms with E-state index in [1.807, 2.05) is 20.8 Å². The van der Waals surface area contributed by atoms with Crippen molar-refractivity contribution in [1.29, 1.82) is 0 Å². The van der Waals surface area contributed by atoms with Gasteiger partial charge in [0.15, 0.2) is 0 Å². The Morgan fingerprint density at radius 2 is 2.00 bits per heavy atom. The van der Waals surface area contributed by atoms with E-state index in [0.717, 1.165) is 0 Å². The van der Waals surface area contributed by atoms with Gasteiger partial charge in [-0.05, 0) is 19.3 Å². The molecule has 1 heterocycles. The summed E-state index contributed by atoms with van der Waals surface area (Å²) in [4.78, 5) is 22.0. The SMILES string of the molecule is CCC(=O)CCCn1nc(CC)c([N+](=O)[O-])c1CC. The lowest BCUT2D eigenvalue weighted by atomic mass is 10.2. The Kier molecular flexibility index (Phi) is 5.66. The van der Waals surface area contributed by atoms with E-state index in [-0.39, 0.29) is 16.4 Å². The van der Waals surface area contributed by atoms with Crippen LogP contribution in [-0.4, -0.2) is 20.5 Å². The average molecular weight is 267 g/mol. The molecule has 0 saturated carbocycles. The van der Waals surface area contributed by atoms with Gasteiger partial charge in [-0.1, -0.05) is 20.8 Å². The van der Waals surface area contributed by atoms with Gasteiger partial charge in [0.05, 0.1) is 4.92 Å². The quantitative estimate of drug-likeness (QED) is 0.536. The summed E-state index contributed by atoms with van der Waals surface area (Å²) in [6.45, 7) is 6.15. The lowest BCUT2D eigenvalue weighted by molar-refractivity contribution is -0.386. The smallest absolute Gasteiger partial charge is 0.300 e. The van der Waals surface area contributed by atoms with Gasteiger partial charge in [0.25, 0.3) is 0 Å². The summed E-state index contributed by atoms with van der Waals surface area (Å²) in [5.74, 6) is 0.218. The summed E-state index contributed by atoms with van der Waals surface area (Å²) < 4.78 is 1.69. The summed E-state index contributed by atoms with van der Waals surface area (Å²) in [5.41, 5.74) is 1.33. The molecule has 0 bridgehead atoms. The number of rotatable bonds is 8. The molecule has 0 aliphatic rings. The van der Waals surface area contributed by atoms with Crippen LogP contribution in [0.5, 0.6) is 0 Å². The minimum atomic E-state index is -0.349. The molecule has 1 aromatic heterocycles. The molecule has 0 aliphatic carbocycles. The number of carbonyl (C=O) groups is 1. The molecule has 1 aromatic rings. The highest BCUT2D eigenvalue weighted by Crippen LogP contribution is 2.25. The summed E-state index contributed by atoms with van der Waals surface area (Å²) in [7, 11) is 0. The third-order valence-corrected chi connectivity index (χ3v) is 3.17. The number of ketones is 1. The summed E-state index contributed by atoms with van der Waals surface area (Å²) in [6.07, 6.45) is 2.85. The lowest BCUT2D eigenvalue weighted by Gasteiger charge is -2.04. The number of aromatic nitrogens is 2. The number of hydrogen-bond acceptors (Lipinski definition) is 4. The van der Waals surface area contributed by atoms with Gasteiger partial charge in [0, 0.05) is 19.4 Å². The third-order valence-electron chi connectivity index (χ3n) is 3.17. The molecule has 0 aromatic carbocycles. The maximum absolute atomic E-state index is 11.3. The van der Waals surface area contributed by atoms with E-state index in [1.54, 1.807) is 4.68 Å². The highest BCUT2D eigenvalue weighted by Gasteiger charge is 2.24. The Labute approximate surface area is 113 Å². The second-order valence-corrected chi connectivity index (χ2v) is 4.43. The number of nitro groups is 1. The number of Topliss-reactive ketones (excluding diaryl/α,β-unsaturated/α-hetero) is 1. The first kappa shape index (κ1) is 15.3. The fourth-order valence-electron chi connectivity index (χ4n) is 2.13. The van der Waals surface area contributed by atoms with Gasteiger partial charge in [0.2, 0.25) is 0 Å². The molecule has 0 amide bonds. The number of aryl methyl sites for hydroxylation is 2. The monoisotopic (exact) mass is 267 g/mol. The van der Waals surface area contributed by atoms with Crippen molar-refractivity contribution >= 4 is 11.5 Å². The van der Waals surface area contributed by atoms with Crippen molar-refractivity contribution < 1.29 is 9.72 Å². The number of carbonyl (C=O) groups excluding carboxylic acids is 1. The molecule has 0 fully saturated rings. The van der Waals surface area contributed by atoms with Gasteiger partial charge in [-0.2, -0.15) is 5.10 Å². The van der Waals surface area contributed by atoms with Crippen LogP contribution in [-0.2, 0) is 24.2 Å². The van der Waals surface area contributed by atoms with Gasteiger partial charge in [-0.25, -0.2) is 0 Å². The predicted octanol–water partition coefficient (Wildman–Crippen LogP) is 2.68. The van der Waals surface area contributed by atoms with Crippen LogP contribution in [0.25, 0.3) is 0 Å². The standard InChI is InChI=1S/C13H21N3O3/c1-4-10(17)8-7-9-15-12(6-3)13(16(18)19)11(5-2)14-15/h4-9H2,1-3H3. The second-order valence-electron chi connectivity index (χ2n) is 4.43. The van der Waals surface area contributed by atoms with Crippen molar-refractivity contribution in [3.05, 3.63) is 21.5 Å². The molecular weight excluding hydrogens is 246 g/mol. The molecule has 0 aliphatic heterocycles. The zero-order chi connectivity index (χ0) is 14.4. The average Bonchev–Trinajstić information content (AvgIpc) is 2.76. The minimum Gasteiger partial charge on any atom is -0.300 e. The molecule has 0 spiro atoms. The summed E-state index contributed by atoms with van der Waals surface area (Å²) >= 11 is 0. The van der Waals surface area contributed by atoms with Crippen molar-refractivity contribution in [3.8, 4) is 0 Å². The van der Waals surface area contributed by atoms with Gasteiger partial charge in [0.1, 0.15) is 17.2 Å². The zero-order valence-corrected chi connectivity index (χ0v) is 11.8. The molecule has 6 heteroatoms. The fraction of sp³-hybridized carbons (Fsp3) is 0.692. The number of hydrogen-bond donors (Lipinski definition) is 0. The van der Waals surface area contributed by atoms with E-state index in [2.05, 4.69) is 5.10 Å². The molecule has 0 saturated heterocycles. The Morgan fingerprint density at radius 1 is 1.32 bits per heavy atom. The summed E-state index contributed by atoms with van der Waals surface area (Å²) in [6, 6.07) is 0. The van der Waals surface area contributed by atoms with Crippen LogP contribution in [0.1, 0.15) is 51.4 Å². The second kappa shape index (κ2) is 7.01. The molecule has 1 rings (SSSR count). The minimum absolute atomic E-state index is 0.145. The van der Waals surface area contributed by atoms with E-state index >= 15 is 0 Å². The molecule has 19 heavy (non-hydrogen) atoms. The maximum atomic E-state index is 11.3. The first-order chi connectivity index (χ1) is 9.04. The van der Waals surface area contributed by atoms with E-state index in [4.69, 9.17) is 0 Å². The molecule has 0 N–H and O–H groups in total. The topological polar surface area (TPSA) is 78.0 Å². The largest absolute Gasteiger partial charge is 0.313 e. The van der Waals surface area contributed by atoms with Crippen LogP contribution in [0.2, 0.25) is 0 Å². The normalized spacial score (nSPS) is 10.7. The van der Waals surface area contributed by atoms with Crippen LogP contribution < -0.4 is 0 Å². The van der Waals surface area contributed by atoms with Crippen molar-refractivity contribution in [2.75, 3.05) is 0 Å². The molecule has 0 unspecified atom stereocenters. The molecular formula is C13H21N3O3. The van der Waals surface area contributed by atoms with Crippen LogP contribution in [0.4, 0.5) is 5.69 Å². The third kappa shape index (κ3) is 3.62. The van der Waals surface area contributed by atoms with Crippen molar-refractivity contribution in [2.45, 2.75) is 59.4 Å².